The van der Waals surface area contributed by atoms with Crippen molar-refractivity contribution in [2.75, 3.05) is 0 Å². The van der Waals surface area contributed by atoms with Crippen molar-refractivity contribution in [2.45, 2.75) is 45.7 Å². The molecular formula is C15H20N2. The lowest BCUT2D eigenvalue weighted by atomic mass is 9.91. The van der Waals surface area contributed by atoms with Gasteiger partial charge in [0.1, 0.15) is 0 Å². The second-order valence-electron chi connectivity index (χ2n) is 5.69. The number of aromatic nitrogens is 1. The molecule has 0 aliphatic carbocycles. The summed E-state index contributed by atoms with van der Waals surface area (Å²) >= 11 is 0. The van der Waals surface area contributed by atoms with Crippen molar-refractivity contribution in [1.29, 1.82) is 0 Å². The second kappa shape index (κ2) is 3.61. The van der Waals surface area contributed by atoms with Crippen molar-refractivity contribution in [3.63, 3.8) is 0 Å². The summed E-state index contributed by atoms with van der Waals surface area (Å²) in [4.78, 5) is 3.65. The van der Waals surface area contributed by atoms with Gasteiger partial charge in [-0.05, 0) is 31.4 Å². The highest BCUT2D eigenvalue weighted by molar-refractivity contribution is 5.87. The van der Waals surface area contributed by atoms with Gasteiger partial charge in [0.05, 0.1) is 0 Å². The molecule has 0 radical (unpaired) electrons. The van der Waals surface area contributed by atoms with E-state index in [9.17, 15) is 0 Å². The number of aromatic amines is 1. The molecule has 1 aliphatic rings. The van der Waals surface area contributed by atoms with Crippen LogP contribution in [0.4, 0.5) is 0 Å². The summed E-state index contributed by atoms with van der Waals surface area (Å²) in [6.07, 6.45) is 2.17. The number of H-pyrrole nitrogens is 1. The predicted octanol–water partition coefficient (Wildman–Crippen LogP) is 3.15. The van der Waals surface area contributed by atoms with E-state index < -0.39 is 0 Å². The third-order valence-electron chi connectivity index (χ3n) is 3.86. The molecule has 90 valence electrons. The van der Waals surface area contributed by atoms with Crippen molar-refractivity contribution in [3.05, 3.63) is 35.0 Å². The smallest absolute Gasteiger partial charge is 0.0491 e. The SMILES string of the molecule is CCc1cccc2c3c([nH]c12)CC(C)(C)NC3. The van der Waals surface area contributed by atoms with Crippen LogP contribution in [0.25, 0.3) is 10.9 Å². The van der Waals surface area contributed by atoms with Gasteiger partial charge in [-0.2, -0.15) is 0 Å². The van der Waals surface area contributed by atoms with Crippen molar-refractivity contribution < 1.29 is 0 Å². The minimum atomic E-state index is 0.209. The lowest BCUT2D eigenvalue weighted by Crippen LogP contribution is -2.44. The van der Waals surface area contributed by atoms with Crippen LogP contribution in [-0.2, 0) is 19.4 Å². The summed E-state index contributed by atoms with van der Waals surface area (Å²) in [5.41, 5.74) is 5.87. The van der Waals surface area contributed by atoms with Gasteiger partial charge in [0.15, 0.2) is 0 Å². The van der Waals surface area contributed by atoms with E-state index in [2.05, 4.69) is 49.3 Å². The molecule has 2 aromatic rings. The van der Waals surface area contributed by atoms with Crippen LogP contribution in [0.3, 0.4) is 0 Å². The predicted molar refractivity (Wildman–Crippen MR) is 72.3 cm³/mol. The van der Waals surface area contributed by atoms with Gasteiger partial charge in [0, 0.05) is 35.1 Å². The van der Waals surface area contributed by atoms with E-state index >= 15 is 0 Å². The number of fused-ring (bicyclic) bond motifs is 3. The van der Waals surface area contributed by atoms with E-state index in [0.717, 1.165) is 19.4 Å². The first kappa shape index (κ1) is 10.8. The van der Waals surface area contributed by atoms with E-state index in [1.165, 1.54) is 27.7 Å². The third kappa shape index (κ3) is 1.67. The van der Waals surface area contributed by atoms with Gasteiger partial charge in [0.2, 0.25) is 0 Å². The Labute approximate surface area is 102 Å². The molecule has 2 heterocycles. The molecule has 0 saturated carbocycles. The van der Waals surface area contributed by atoms with Gasteiger partial charge in [0.25, 0.3) is 0 Å². The molecule has 1 aromatic carbocycles. The minimum absolute atomic E-state index is 0.209. The first-order chi connectivity index (χ1) is 8.11. The fraction of sp³-hybridized carbons (Fsp3) is 0.467. The lowest BCUT2D eigenvalue weighted by Gasteiger charge is -2.31. The van der Waals surface area contributed by atoms with Crippen LogP contribution in [-0.4, -0.2) is 10.5 Å². The molecule has 3 rings (SSSR count). The quantitative estimate of drug-likeness (QED) is 0.771. The average molecular weight is 228 g/mol. The highest BCUT2D eigenvalue weighted by Crippen LogP contribution is 2.31. The zero-order chi connectivity index (χ0) is 12.0. The van der Waals surface area contributed by atoms with E-state index in [-0.39, 0.29) is 5.54 Å². The Bertz CT molecular complexity index is 564. The number of rotatable bonds is 1. The average Bonchev–Trinajstić information content (AvgIpc) is 2.64. The number of hydrogen-bond acceptors (Lipinski definition) is 1. The number of benzene rings is 1. The normalized spacial score (nSPS) is 18.3. The molecule has 0 unspecified atom stereocenters. The highest BCUT2D eigenvalue weighted by Gasteiger charge is 2.27. The summed E-state index contributed by atoms with van der Waals surface area (Å²) in [5, 5.41) is 5.02. The van der Waals surface area contributed by atoms with Gasteiger partial charge in [-0.3, -0.25) is 0 Å². The maximum absolute atomic E-state index is 3.65. The van der Waals surface area contributed by atoms with Gasteiger partial charge in [-0.1, -0.05) is 25.1 Å². The summed E-state index contributed by atoms with van der Waals surface area (Å²) in [5.74, 6) is 0. The lowest BCUT2D eigenvalue weighted by molar-refractivity contribution is 0.360. The maximum atomic E-state index is 3.65. The fourth-order valence-electron chi connectivity index (χ4n) is 2.87. The van der Waals surface area contributed by atoms with E-state index in [0.29, 0.717) is 0 Å². The van der Waals surface area contributed by atoms with Crippen LogP contribution in [0.15, 0.2) is 18.2 Å². The first-order valence-electron chi connectivity index (χ1n) is 6.47. The molecule has 0 saturated heterocycles. The molecular weight excluding hydrogens is 208 g/mol. The first-order valence-corrected chi connectivity index (χ1v) is 6.47. The minimum Gasteiger partial charge on any atom is -0.358 e. The van der Waals surface area contributed by atoms with Crippen LogP contribution in [0.5, 0.6) is 0 Å². The van der Waals surface area contributed by atoms with Gasteiger partial charge in [-0.15, -0.1) is 0 Å². The summed E-state index contributed by atoms with van der Waals surface area (Å²) in [6.45, 7) is 7.73. The molecule has 0 amide bonds. The van der Waals surface area contributed by atoms with Crippen molar-refractivity contribution >= 4 is 10.9 Å². The number of aryl methyl sites for hydroxylation is 1. The Morgan fingerprint density at radius 3 is 2.88 bits per heavy atom. The molecule has 1 aromatic heterocycles. The Hall–Kier alpha value is -1.28. The zero-order valence-electron chi connectivity index (χ0n) is 10.9. The third-order valence-corrected chi connectivity index (χ3v) is 3.86. The molecule has 17 heavy (non-hydrogen) atoms. The molecule has 1 aliphatic heterocycles. The van der Waals surface area contributed by atoms with Crippen LogP contribution >= 0.6 is 0 Å². The maximum Gasteiger partial charge on any atom is 0.0491 e. The van der Waals surface area contributed by atoms with E-state index in [1.807, 2.05) is 0 Å². The van der Waals surface area contributed by atoms with Gasteiger partial charge < -0.3 is 10.3 Å². The summed E-state index contributed by atoms with van der Waals surface area (Å²) in [7, 11) is 0. The monoisotopic (exact) mass is 228 g/mol. The molecule has 0 fully saturated rings. The zero-order valence-corrected chi connectivity index (χ0v) is 10.9. The molecule has 0 atom stereocenters. The highest BCUT2D eigenvalue weighted by atomic mass is 15.0. The van der Waals surface area contributed by atoms with E-state index in [4.69, 9.17) is 0 Å². The van der Waals surface area contributed by atoms with Crippen LogP contribution < -0.4 is 5.32 Å². The topological polar surface area (TPSA) is 27.8 Å². The van der Waals surface area contributed by atoms with E-state index in [1.54, 1.807) is 0 Å². The number of para-hydroxylation sites is 1. The van der Waals surface area contributed by atoms with Crippen LogP contribution in [0, 0.1) is 0 Å². The van der Waals surface area contributed by atoms with Crippen molar-refractivity contribution in [1.82, 2.24) is 10.3 Å². The van der Waals surface area contributed by atoms with Crippen molar-refractivity contribution in [2.24, 2.45) is 0 Å². The largest absolute Gasteiger partial charge is 0.358 e. The van der Waals surface area contributed by atoms with Gasteiger partial charge >= 0.3 is 0 Å². The molecule has 2 nitrogen and oxygen atoms in total. The summed E-state index contributed by atoms with van der Waals surface area (Å²) < 4.78 is 0. The number of hydrogen-bond donors (Lipinski definition) is 2. The second-order valence-corrected chi connectivity index (χ2v) is 5.69. The Morgan fingerprint density at radius 2 is 2.12 bits per heavy atom. The Morgan fingerprint density at radius 1 is 1.29 bits per heavy atom. The van der Waals surface area contributed by atoms with Crippen LogP contribution in [0.1, 0.15) is 37.6 Å². The Balaban J connectivity index is 2.21. The van der Waals surface area contributed by atoms with Gasteiger partial charge in [-0.25, -0.2) is 0 Å². The summed E-state index contributed by atoms with van der Waals surface area (Å²) in [6, 6.07) is 6.64. The standard InChI is InChI=1S/C15H20N2/c1-4-10-6-5-7-11-12-9-16-15(2,3)8-13(12)17-14(10)11/h5-7,16-17H,4,8-9H2,1-3H3. The fourth-order valence-corrected chi connectivity index (χ4v) is 2.87. The molecule has 2 N–H and O–H groups in total. The molecule has 0 bridgehead atoms. The Kier molecular flexibility index (Phi) is 2.30. The van der Waals surface area contributed by atoms with Crippen molar-refractivity contribution in [3.8, 4) is 0 Å². The number of nitrogens with one attached hydrogen (secondary N) is 2. The molecule has 0 spiro atoms. The van der Waals surface area contributed by atoms with Crippen LogP contribution in [0.2, 0.25) is 0 Å². The molecule has 2 heteroatoms.